The van der Waals surface area contributed by atoms with Gasteiger partial charge in [0.1, 0.15) is 17.3 Å². The van der Waals surface area contributed by atoms with Crippen LogP contribution >= 0.6 is 0 Å². The molecule has 2 heterocycles. The minimum absolute atomic E-state index is 0.0976. The van der Waals surface area contributed by atoms with Crippen LogP contribution in [0.4, 0.5) is 20.6 Å². The van der Waals surface area contributed by atoms with Gasteiger partial charge in [-0.3, -0.25) is 0 Å². The number of urea groups is 1. The largest absolute Gasteiger partial charge is 0.497 e. The maximum Gasteiger partial charge on any atom is 0.322 e. The lowest BCUT2D eigenvalue weighted by atomic mass is 10.0. The Morgan fingerprint density at radius 1 is 1.03 bits per heavy atom. The van der Waals surface area contributed by atoms with E-state index in [0.717, 1.165) is 44.3 Å². The van der Waals surface area contributed by atoms with E-state index in [9.17, 15) is 9.18 Å². The maximum atomic E-state index is 14.6. The van der Waals surface area contributed by atoms with Crippen LogP contribution in [0.25, 0.3) is 0 Å². The Morgan fingerprint density at radius 2 is 1.83 bits per heavy atom. The van der Waals surface area contributed by atoms with Crippen molar-refractivity contribution in [3.63, 3.8) is 0 Å². The molecular weight excluding hydrogens is 385 g/mol. The van der Waals surface area contributed by atoms with Crippen LogP contribution in [-0.4, -0.2) is 44.8 Å². The Hall–Kier alpha value is -2.96. The van der Waals surface area contributed by atoms with Gasteiger partial charge in [-0.2, -0.15) is 0 Å². The molecule has 2 saturated heterocycles. The maximum absolute atomic E-state index is 14.6. The van der Waals surface area contributed by atoms with Crippen LogP contribution in [0, 0.1) is 5.82 Å². The van der Waals surface area contributed by atoms with Gasteiger partial charge in [0.15, 0.2) is 0 Å². The summed E-state index contributed by atoms with van der Waals surface area (Å²) in [5.74, 6) is 1.10. The first-order chi connectivity index (χ1) is 14.6. The minimum atomic E-state index is -0.301. The lowest BCUT2D eigenvalue weighted by molar-refractivity contribution is 0.206. The molecule has 4 rings (SSSR count). The molecule has 6 nitrogen and oxygen atoms in total. The van der Waals surface area contributed by atoms with Crippen molar-refractivity contribution in [1.82, 2.24) is 4.90 Å². The van der Waals surface area contributed by atoms with Gasteiger partial charge in [-0.15, -0.1) is 0 Å². The molecule has 0 spiro atoms. The summed E-state index contributed by atoms with van der Waals surface area (Å²) in [4.78, 5) is 16.8. The minimum Gasteiger partial charge on any atom is -0.497 e. The first kappa shape index (κ1) is 20.3. The van der Waals surface area contributed by atoms with E-state index in [1.807, 2.05) is 23.1 Å². The summed E-state index contributed by atoms with van der Waals surface area (Å²) < 4.78 is 25.4. The van der Waals surface area contributed by atoms with Crippen molar-refractivity contribution < 1.29 is 18.7 Å². The summed E-state index contributed by atoms with van der Waals surface area (Å²) in [6.07, 6.45) is 3.92. The van der Waals surface area contributed by atoms with Gasteiger partial charge >= 0.3 is 6.03 Å². The molecular formula is C23H28FN3O3. The number of halogens is 1. The van der Waals surface area contributed by atoms with Gasteiger partial charge in [0, 0.05) is 37.0 Å². The van der Waals surface area contributed by atoms with E-state index in [1.165, 1.54) is 6.07 Å². The molecule has 0 aromatic heterocycles. The molecule has 2 aliphatic rings. The molecule has 2 amide bonds. The first-order valence-corrected chi connectivity index (χ1v) is 10.4. The fraction of sp³-hybridized carbons (Fsp3) is 0.435. The molecule has 1 atom stereocenters. The van der Waals surface area contributed by atoms with Gasteiger partial charge in [0.05, 0.1) is 25.9 Å². The van der Waals surface area contributed by atoms with Gasteiger partial charge in [-0.1, -0.05) is 0 Å². The number of benzene rings is 2. The zero-order valence-corrected chi connectivity index (χ0v) is 17.5. The highest BCUT2D eigenvalue weighted by atomic mass is 19.1. The van der Waals surface area contributed by atoms with Gasteiger partial charge in [-0.05, 0) is 56.0 Å². The normalized spacial score (nSPS) is 18.6. The summed E-state index contributed by atoms with van der Waals surface area (Å²) >= 11 is 0. The van der Waals surface area contributed by atoms with E-state index in [4.69, 9.17) is 9.47 Å². The summed E-state index contributed by atoms with van der Waals surface area (Å²) in [6.45, 7) is 2.39. The second kappa shape index (κ2) is 8.81. The number of ether oxygens (including phenoxy) is 2. The number of carbonyl (C=O) groups is 1. The summed E-state index contributed by atoms with van der Waals surface area (Å²) in [5.41, 5.74) is 2.02. The summed E-state index contributed by atoms with van der Waals surface area (Å²) in [7, 11) is 3.22. The summed E-state index contributed by atoms with van der Waals surface area (Å²) in [6, 6.07) is 10.2. The molecule has 1 N–H and O–H groups in total. The van der Waals surface area contributed by atoms with Gasteiger partial charge in [-0.25, -0.2) is 9.18 Å². The van der Waals surface area contributed by atoms with E-state index in [2.05, 4.69) is 5.32 Å². The van der Waals surface area contributed by atoms with Gasteiger partial charge < -0.3 is 24.6 Å². The highest BCUT2D eigenvalue weighted by Gasteiger charge is 2.32. The summed E-state index contributed by atoms with van der Waals surface area (Å²) in [5, 5.41) is 2.87. The fourth-order valence-corrected chi connectivity index (χ4v) is 4.42. The van der Waals surface area contributed by atoms with E-state index in [1.54, 1.807) is 31.3 Å². The van der Waals surface area contributed by atoms with E-state index >= 15 is 0 Å². The Kier molecular flexibility index (Phi) is 5.97. The molecule has 0 radical (unpaired) electrons. The second-order valence-electron chi connectivity index (χ2n) is 7.75. The first-order valence-electron chi connectivity index (χ1n) is 10.4. The van der Waals surface area contributed by atoms with Crippen molar-refractivity contribution in [1.29, 1.82) is 0 Å². The molecule has 7 heteroatoms. The van der Waals surface area contributed by atoms with Crippen molar-refractivity contribution in [3.8, 4) is 11.5 Å². The molecule has 1 unspecified atom stereocenters. The van der Waals surface area contributed by atoms with Crippen LogP contribution in [0.2, 0.25) is 0 Å². The molecule has 0 bridgehead atoms. The predicted molar refractivity (Wildman–Crippen MR) is 115 cm³/mol. The highest BCUT2D eigenvalue weighted by molar-refractivity contribution is 5.90. The number of likely N-dealkylation sites (tertiary alicyclic amines) is 1. The van der Waals surface area contributed by atoms with E-state index in [0.29, 0.717) is 29.4 Å². The molecule has 2 fully saturated rings. The monoisotopic (exact) mass is 413 g/mol. The Morgan fingerprint density at radius 3 is 2.53 bits per heavy atom. The van der Waals surface area contributed by atoms with Crippen molar-refractivity contribution in [2.45, 2.75) is 31.7 Å². The molecule has 160 valence electrons. The van der Waals surface area contributed by atoms with Crippen molar-refractivity contribution >= 4 is 17.4 Å². The standard InChI is InChI=1S/C23H28FN3O3/c1-29-17-8-9-18(22(15-17)30-2)20-6-5-13-27(20)23(28)25-16-7-10-21(19(24)14-16)26-11-3-4-12-26/h7-10,14-15,20H,3-6,11-13H2,1-2H3,(H,25,28). The van der Waals surface area contributed by atoms with Crippen LogP contribution in [-0.2, 0) is 0 Å². The quantitative estimate of drug-likeness (QED) is 0.764. The average Bonchev–Trinajstić information content (AvgIpc) is 3.45. The second-order valence-corrected chi connectivity index (χ2v) is 7.75. The third kappa shape index (κ3) is 4.01. The van der Waals surface area contributed by atoms with Crippen molar-refractivity contribution in [2.24, 2.45) is 0 Å². The van der Waals surface area contributed by atoms with E-state index < -0.39 is 0 Å². The third-order valence-electron chi connectivity index (χ3n) is 5.96. The molecule has 2 aliphatic heterocycles. The zero-order valence-electron chi connectivity index (χ0n) is 17.5. The number of rotatable bonds is 5. The van der Waals surface area contributed by atoms with Gasteiger partial charge in [0.25, 0.3) is 0 Å². The van der Waals surface area contributed by atoms with Crippen LogP contribution in [0.1, 0.15) is 37.3 Å². The Labute approximate surface area is 176 Å². The van der Waals surface area contributed by atoms with Crippen LogP contribution in [0.5, 0.6) is 11.5 Å². The Balaban J connectivity index is 1.50. The molecule has 0 aliphatic carbocycles. The van der Waals surface area contributed by atoms with Crippen LogP contribution in [0.15, 0.2) is 36.4 Å². The number of carbonyl (C=O) groups excluding carboxylic acids is 1. The van der Waals surface area contributed by atoms with Crippen LogP contribution < -0.4 is 19.7 Å². The zero-order chi connectivity index (χ0) is 21.1. The van der Waals surface area contributed by atoms with Crippen LogP contribution in [0.3, 0.4) is 0 Å². The lowest BCUT2D eigenvalue weighted by Gasteiger charge is -2.27. The number of anilines is 2. The topological polar surface area (TPSA) is 54.0 Å². The lowest BCUT2D eigenvalue weighted by Crippen LogP contribution is -2.34. The number of amides is 2. The number of nitrogens with one attached hydrogen (secondary N) is 1. The van der Waals surface area contributed by atoms with Gasteiger partial charge in [0.2, 0.25) is 0 Å². The average molecular weight is 413 g/mol. The fourth-order valence-electron chi connectivity index (χ4n) is 4.42. The van der Waals surface area contributed by atoms with Crippen molar-refractivity contribution in [2.75, 3.05) is 44.1 Å². The number of hydrogen-bond acceptors (Lipinski definition) is 4. The third-order valence-corrected chi connectivity index (χ3v) is 5.96. The number of hydrogen-bond donors (Lipinski definition) is 1. The molecule has 2 aromatic carbocycles. The van der Waals surface area contributed by atoms with E-state index in [-0.39, 0.29) is 17.9 Å². The number of nitrogens with zero attached hydrogens (tertiary/aromatic N) is 2. The molecule has 30 heavy (non-hydrogen) atoms. The molecule has 0 saturated carbocycles. The SMILES string of the molecule is COc1ccc(C2CCCN2C(=O)Nc2ccc(N3CCCC3)c(F)c2)c(OC)c1. The Bertz CT molecular complexity index is 915. The number of methoxy groups -OCH3 is 2. The predicted octanol–water partition coefficient (Wildman–Crippen LogP) is 4.81. The van der Waals surface area contributed by atoms with Crippen molar-refractivity contribution in [3.05, 3.63) is 47.8 Å². The molecule has 2 aromatic rings. The smallest absolute Gasteiger partial charge is 0.322 e. The highest BCUT2D eigenvalue weighted by Crippen LogP contribution is 2.39.